The van der Waals surface area contributed by atoms with Gasteiger partial charge in [0, 0.05) is 5.57 Å². The van der Waals surface area contributed by atoms with Crippen molar-refractivity contribution in [3.05, 3.63) is 40.1 Å². The molecule has 1 aliphatic rings. The van der Waals surface area contributed by atoms with E-state index in [1.807, 2.05) is 12.2 Å². The number of aromatic amines is 1. The molecule has 0 fully saturated rings. The number of carboxylic acid groups (broad SMARTS) is 1. The predicted octanol–water partition coefficient (Wildman–Crippen LogP) is 0.907. The molecule has 1 aliphatic carbocycles. The summed E-state index contributed by atoms with van der Waals surface area (Å²) in [6, 6.07) is 0. The molecule has 88 valence electrons. The fourth-order valence-electron chi connectivity index (χ4n) is 1.54. The van der Waals surface area contributed by atoms with E-state index in [2.05, 4.69) is 9.97 Å². The van der Waals surface area contributed by atoms with Gasteiger partial charge in [-0.3, -0.25) is 4.79 Å². The van der Waals surface area contributed by atoms with Gasteiger partial charge in [-0.15, -0.1) is 0 Å². The zero-order valence-electron chi connectivity index (χ0n) is 8.80. The number of aromatic carboxylic acids is 1. The topological polar surface area (TPSA) is 103 Å². The Kier molecular flexibility index (Phi) is 2.78. The molecule has 3 N–H and O–H groups in total. The maximum atomic E-state index is 11.3. The summed E-state index contributed by atoms with van der Waals surface area (Å²) in [4.78, 5) is 28.2. The molecule has 0 aliphatic heterocycles. The first-order valence-corrected chi connectivity index (χ1v) is 5.03. The number of rotatable bonds is 2. The van der Waals surface area contributed by atoms with E-state index >= 15 is 0 Å². The quantitative estimate of drug-likeness (QED) is 0.705. The molecule has 0 spiro atoms. The molecule has 0 atom stereocenters. The first kappa shape index (κ1) is 11.1. The molecule has 1 aromatic rings. The Bertz CT molecular complexity index is 584. The van der Waals surface area contributed by atoms with Gasteiger partial charge in [0.25, 0.3) is 5.56 Å². The van der Waals surface area contributed by atoms with Crippen molar-refractivity contribution in [2.75, 3.05) is 0 Å². The molecule has 0 radical (unpaired) electrons. The van der Waals surface area contributed by atoms with Crippen molar-refractivity contribution in [3.63, 3.8) is 0 Å². The van der Waals surface area contributed by atoms with Crippen molar-refractivity contribution in [1.82, 2.24) is 9.97 Å². The van der Waals surface area contributed by atoms with Crippen LogP contribution in [-0.2, 0) is 0 Å². The van der Waals surface area contributed by atoms with E-state index in [4.69, 9.17) is 5.11 Å². The van der Waals surface area contributed by atoms with Crippen LogP contribution in [-0.4, -0.2) is 26.2 Å². The van der Waals surface area contributed by atoms with E-state index in [-0.39, 0.29) is 5.82 Å². The lowest BCUT2D eigenvalue weighted by Crippen LogP contribution is -2.16. The van der Waals surface area contributed by atoms with Gasteiger partial charge in [-0.25, -0.2) is 9.78 Å². The molecular formula is C11H10N2O4. The number of nitrogens with zero attached hydrogens (tertiary/aromatic N) is 1. The van der Waals surface area contributed by atoms with Crippen molar-refractivity contribution in [3.8, 4) is 5.75 Å². The Hall–Kier alpha value is -2.37. The van der Waals surface area contributed by atoms with Crippen LogP contribution in [0, 0.1) is 0 Å². The van der Waals surface area contributed by atoms with Gasteiger partial charge in [0.15, 0.2) is 5.69 Å². The summed E-state index contributed by atoms with van der Waals surface area (Å²) >= 11 is 0. The average molecular weight is 234 g/mol. The summed E-state index contributed by atoms with van der Waals surface area (Å²) in [6.45, 7) is 0. The summed E-state index contributed by atoms with van der Waals surface area (Å²) in [6.07, 6.45) is 7.21. The maximum absolute atomic E-state index is 11.3. The largest absolute Gasteiger partial charge is 0.501 e. The SMILES string of the molecule is O=C(O)c1nc(C2=CCCC=C2)[nH]c(=O)c1O. The smallest absolute Gasteiger partial charge is 0.358 e. The van der Waals surface area contributed by atoms with Crippen LogP contribution in [0.3, 0.4) is 0 Å². The number of aromatic nitrogens is 2. The van der Waals surface area contributed by atoms with Gasteiger partial charge >= 0.3 is 5.97 Å². The number of hydrogen-bond acceptors (Lipinski definition) is 4. The van der Waals surface area contributed by atoms with Gasteiger partial charge < -0.3 is 15.2 Å². The second kappa shape index (κ2) is 4.25. The van der Waals surface area contributed by atoms with Crippen LogP contribution in [0.2, 0.25) is 0 Å². The third-order valence-electron chi connectivity index (χ3n) is 2.37. The van der Waals surface area contributed by atoms with Crippen LogP contribution < -0.4 is 5.56 Å². The van der Waals surface area contributed by atoms with Gasteiger partial charge in [-0.2, -0.15) is 0 Å². The van der Waals surface area contributed by atoms with Crippen LogP contribution >= 0.6 is 0 Å². The number of hydrogen-bond donors (Lipinski definition) is 3. The van der Waals surface area contributed by atoms with Crippen LogP contribution in [0.15, 0.2) is 23.0 Å². The molecule has 1 heterocycles. The van der Waals surface area contributed by atoms with Crippen LogP contribution in [0.4, 0.5) is 0 Å². The molecule has 0 amide bonds. The Morgan fingerprint density at radius 3 is 2.76 bits per heavy atom. The standard InChI is InChI=1S/C11H10N2O4/c14-8-7(11(16)17)12-9(13-10(8)15)6-4-2-1-3-5-6/h2,4-5,14H,1,3H2,(H,16,17)(H,12,13,15). The third kappa shape index (κ3) is 2.10. The number of carbonyl (C=O) groups is 1. The first-order valence-electron chi connectivity index (χ1n) is 5.03. The fraction of sp³-hybridized carbons (Fsp3) is 0.182. The second-order valence-electron chi connectivity index (χ2n) is 3.56. The normalized spacial score (nSPS) is 14.5. The molecular weight excluding hydrogens is 224 g/mol. The number of nitrogens with one attached hydrogen (secondary N) is 1. The molecule has 0 unspecified atom stereocenters. The number of allylic oxidation sites excluding steroid dienone is 4. The Labute approximate surface area is 96.0 Å². The lowest BCUT2D eigenvalue weighted by molar-refractivity contribution is 0.0686. The maximum Gasteiger partial charge on any atom is 0.358 e. The van der Waals surface area contributed by atoms with E-state index in [1.165, 1.54) is 0 Å². The summed E-state index contributed by atoms with van der Waals surface area (Å²) in [7, 11) is 0. The number of carboxylic acids is 1. The van der Waals surface area contributed by atoms with E-state index in [0.29, 0.717) is 5.57 Å². The fourth-order valence-corrected chi connectivity index (χ4v) is 1.54. The third-order valence-corrected chi connectivity index (χ3v) is 2.37. The average Bonchev–Trinajstić information content (AvgIpc) is 2.33. The summed E-state index contributed by atoms with van der Waals surface area (Å²) in [5.74, 6) is -2.15. The van der Waals surface area contributed by atoms with Crippen molar-refractivity contribution in [1.29, 1.82) is 0 Å². The van der Waals surface area contributed by atoms with Gasteiger partial charge in [-0.05, 0) is 12.8 Å². The van der Waals surface area contributed by atoms with Crippen LogP contribution in [0.5, 0.6) is 5.75 Å². The first-order chi connectivity index (χ1) is 8.09. The van der Waals surface area contributed by atoms with Gasteiger partial charge in [0.05, 0.1) is 0 Å². The van der Waals surface area contributed by atoms with E-state index in [0.717, 1.165) is 12.8 Å². The number of aromatic hydroxyl groups is 1. The Morgan fingerprint density at radius 1 is 1.41 bits per heavy atom. The predicted molar refractivity (Wildman–Crippen MR) is 59.8 cm³/mol. The zero-order valence-corrected chi connectivity index (χ0v) is 8.80. The van der Waals surface area contributed by atoms with Crippen molar-refractivity contribution in [2.24, 2.45) is 0 Å². The Morgan fingerprint density at radius 2 is 2.18 bits per heavy atom. The van der Waals surface area contributed by atoms with Crippen molar-refractivity contribution >= 4 is 11.5 Å². The molecule has 6 heteroatoms. The molecule has 0 saturated heterocycles. The van der Waals surface area contributed by atoms with Gasteiger partial charge in [0.2, 0.25) is 5.75 Å². The van der Waals surface area contributed by atoms with Crippen LogP contribution in [0.1, 0.15) is 29.2 Å². The minimum Gasteiger partial charge on any atom is -0.501 e. The number of H-pyrrole nitrogens is 1. The highest BCUT2D eigenvalue weighted by molar-refractivity contribution is 5.88. The van der Waals surface area contributed by atoms with Crippen molar-refractivity contribution < 1.29 is 15.0 Å². The highest BCUT2D eigenvalue weighted by atomic mass is 16.4. The summed E-state index contributed by atoms with van der Waals surface area (Å²) in [5.41, 5.74) is -0.841. The highest BCUT2D eigenvalue weighted by Crippen LogP contribution is 2.19. The minimum atomic E-state index is -1.43. The summed E-state index contributed by atoms with van der Waals surface area (Å²) < 4.78 is 0. The molecule has 0 bridgehead atoms. The zero-order chi connectivity index (χ0) is 12.4. The minimum absolute atomic E-state index is 0.154. The molecule has 0 saturated carbocycles. The second-order valence-corrected chi connectivity index (χ2v) is 3.56. The monoisotopic (exact) mass is 234 g/mol. The lowest BCUT2D eigenvalue weighted by atomic mass is 10.1. The molecule has 17 heavy (non-hydrogen) atoms. The van der Waals surface area contributed by atoms with Gasteiger partial charge in [-0.1, -0.05) is 18.2 Å². The van der Waals surface area contributed by atoms with E-state index < -0.39 is 23.0 Å². The lowest BCUT2D eigenvalue weighted by Gasteiger charge is -2.07. The van der Waals surface area contributed by atoms with E-state index in [9.17, 15) is 14.7 Å². The van der Waals surface area contributed by atoms with E-state index in [1.54, 1.807) is 6.08 Å². The Balaban J connectivity index is 2.57. The molecule has 2 rings (SSSR count). The van der Waals surface area contributed by atoms with Crippen LogP contribution in [0.25, 0.3) is 5.57 Å². The molecule has 0 aromatic carbocycles. The molecule has 1 aromatic heterocycles. The summed E-state index contributed by atoms with van der Waals surface area (Å²) in [5, 5.41) is 18.1. The molecule has 6 nitrogen and oxygen atoms in total. The highest BCUT2D eigenvalue weighted by Gasteiger charge is 2.17. The van der Waals surface area contributed by atoms with Crippen molar-refractivity contribution in [2.45, 2.75) is 12.8 Å². The van der Waals surface area contributed by atoms with Gasteiger partial charge in [0.1, 0.15) is 5.82 Å².